The van der Waals surface area contributed by atoms with Crippen LogP contribution in [-0.4, -0.2) is 11.9 Å². The normalized spacial score (nSPS) is 26.9. The van der Waals surface area contributed by atoms with E-state index in [1.54, 1.807) is 0 Å². The first-order valence-corrected chi connectivity index (χ1v) is 3.99. The number of carbonyl (C=O) groups excluding carboxylic acids is 1. The van der Waals surface area contributed by atoms with Crippen molar-refractivity contribution < 1.29 is 4.79 Å². The van der Waals surface area contributed by atoms with Crippen LogP contribution in [0.5, 0.6) is 0 Å². The fourth-order valence-electron chi connectivity index (χ4n) is 1.32. The van der Waals surface area contributed by atoms with E-state index in [2.05, 4.69) is 11.2 Å². The van der Waals surface area contributed by atoms with Crippen molar-refractivity contribution in [2.24, 2.45) is 5.92 Å². The van der Waals surface area contributed by atoms with E-state index in [0.717, 1.165) is 12.8 Å². The molecule has 1 aliphatic heterocycles. The Hall–Kier alpha value is -0.970. The molecule has 0 radical (unpaired) electrons. The van der Waals surface area contributed by atoms with Gasteiger partial charge in [0.15, 0.2) is 0 Å². The first-order chi connectivity index (χ1) is 5.24. The molecule has 1 saturated heterocycles. The van der Waals surface area contributed by atoms with Gasteiger partial charge in [-0.1, -0.05) is 0 Å². The molecule has 0 spiro atoms. The number of nitrogens with one attached hydrogen (secondary N) is 1. The van der Waals surface area contributed by atoms with Gasteiger partial charge in [-0.05, 0) is 19.8 Å². The minimum atomic E-state index is 0.142. The molecule has 0 aromatic heterocycles. The van der Waals surface area contributed by atoms with Crippen molar-refractivity contribution in [3.8, 4) is 12.3 Å². The number of piperidine rings is 1. The molecule has 11 heavy (non-hydrogen) atoms. The van der Waals surface area contributed by atoms with Gasteiger partial charge in [0.05, 0.1) is 0 Å². The van der Waals surface area contributed by atoms with Gasteiger partial charge in [-0.2, -0.15) is 0 Å². The first-order valence-electron chi connectivity index (χ1n) is 3.99. The van der Waals surface area contributed by atoms with Crippen molar-refractivity contribution in [1.82, 2.24) is 5.32 Å². The topological polar surface area (TPSA) is 29.1 Å². The average molecular weight is 151 g/mol. The Morgan fingerprint density at radius 1 is 1.82 bits per heavy atom. The zero-order chi connectivity index (χ0) is 8.27. The van der Waals surface area contributed by atoms with Gasteiger partial charge < -0.3 is 5.32 Å². The van der Waals surface area contributed by atoms with Crippen LogP contribution in [0.25, 0.3) is 0 Å². The molecule has 2 atom stereocenters. The Balaban J connectivity index is 2.47. The van der Waals surface area contributed by atoms with Crippen molar-refractivity contribution in [3.63, 3.8) is 0 Å². The summed E-state index contributed by atoms with van der Waals surface area (Å²) < 4.78 is 0. The maximum atomic E-state index is 10.9. The molecule has 0 aromatic rings. The van der Waals surface area contributed by atoms with E-state index in [9.17, 15) is 4.79 Å². The highest BCUT2D eigenvalue weighted by Crippen LogP contribution is 2.14. The van der Waals surface area contributed by atoms with Crippen molar-refractivity contribution >= 4 is 5.91 Å². The molecular weight excluding hydrogens is 138 g/mol. The number of hydrogen-bond acceptors (Lipinski definition) is 1. The summed E-state index contributed by atoms with van der Waals surface area (Å²) in [7, 11) is 0. The van der Waals surface area contributed by atoms with E-state index in [0.29, 0.717) is 6.42 Å². The second-order valence-electron chi connectivity index (χ2n) is 3.02. The highest BCUT2D eigenvalue weighted by Gasteiger charge is 2.21. The van der Waals surface area contributed by atoms with Crippen LogP contribution in [0.1, 0.15) is 26.2 Å². The maximum absolute atomic E-state index is 10.9. The molecule has 0 aromatic carbocycles. The van der Waals surface area contributed by atoms with Crippen LogP contribution in [0.2, 0.25) is 0 Å². The second-order valence-corrected chi connectivity index (χ2v) is 3.02. The number of rotatable bonds is 1. The van der Waals surface area contributed by atoms with Gasteiger partial charge in [0.2, 0.25) is 5.91 Å². The lowest BCUT2D eigenvalue weighted by molar-refractivity contribution is -0.123. The Morgan fingerprint density at radius 2 is 2.55 bits per heavy atom. The molecule has 1 heterocycles. The van der Waals surface area contributed by atoms with Crippen LogP contribution < -0.4 is 5.32 Å². The molecule has 1 N–H and O–H groups in total. The first kappa shape index (κ1) is 8.13. The summed E-state index contributed by atoms with van der Waals surface area (Å²) in [5.41, 5.74) is 0. The predicted octanol–water partition coefficient (Wildman–Crippen LogP) is 0.924. The van der Waals surface area contributed by atoms with Gasteiger partial charge in [-0.15, -0.1) is 12.3 Å². The van der Waals surface area contributed by atoms with Crippen LogP contribution >= 0.6 is 0 Å². The smallest absolute Gasteiger partial charge is 0.220 e. The van der Waals surface area contributed by atoms with Crippen molar-refractivity contribution in [3.05, 3.63) is 0 Å². The Morgan fingerprint density at radius 3 is 3.09 bits per heavy atom. The average Bonchev–Trinajstić information content (AvgIpc) is 2.03. The fourth-order valence-corrected chi connectivity index (χ4v) is 1.32. The Bertz CT molecular complexity index is 192. The highest BCUT2D eigenvalue weighted by atomic mass is 16.1. The summed E-state index contributed by atoms with van der Waals surface area (Å²) in [4.78, 5) is 10.9. The van der Waals surface area contributed by atoms with Gasteiger partial charge in [-0.3, -0.25) is 4.79 Å². The van der Waals surface area contributed by atoms with Crippen molar-refractivity contribution in [2.45, 2.75) is 32.2 Å². The van der Waals surface area contributed by atoms with Crippen molar-refractivity contribution in [2.75, 3.05) is 0 Å². The number of hydrogen-bond donors (Lipinski definition) is 1. The third-order valence-corrected chi connectivity index (χ3v) is 2.13. The van der Waals surface area contributed by atoms with Crippen LogP contribution in [0.15, 0.2) is 0 Å². The zero-order valence-electron chi connectivity index (χ0n) is 6.76. The van der Waals surface area contributed by atoms with Crippen LogP contribution in [0.3, 0.4) is 0 Å². The van der Waals surface area contributed by atoms with E-state index in [1.165, 1.54) is 0 Å². The monoisotopic (exact) mass is 151 g/mol. The third kappa shape index (κ3) is 1.98. The van der Waals surface area contributed by atoms with Gasteiger partial charge in [0.1, 0.15) is 0 Å². The molecule has 1 fully saturated rings. The lowest BCUT2D eigenvalue weighted by atomic mass is 9.94. The van der Waals surface area contributed by atoms with Gasteiger partial charge >= 0.3 is 0 Å². The van der Waals surface area contributed by atoms with Crippen LogP contribution in [0.4, 0.5) is 0 Å². The van der Waals surface area contributed by atoms with Gasteiger partial charge in [0.25, 0.3) is 0 Å². The molecule has 1 amide bonds. The summed E-state index contributed by atoms with van der Waals surface area (Å²) in [6.07, 6.45) is 7.91. The van der Waals surface area contributed by atoms with E-state index < -0.39 is 0 Å². The molecule has 2 heteroatoms. The van der Waals surface area contributed by atoms with E-state index in [-0.39, 0.29) is 17.9 Å². The number of carbonyl (C=O) groups is 1. The van der Waals surface area contributed by atoms with Gasteiger partial charge in [0, 0.05) is 18.4 Å². The lowest BCUT2D eigenvalue weighted by Crippen LogP contribution is -2.42. The third-order valence-electron chi connectivity index (χ3n) is 2.13. The Labute approximate surface area is 67.4 Å². The van der Waals surface area contributed by atoms with E-state index in [4.69, 9.17) is 6.42 Å². The molecule has 0 saturated carbocycles. The molecule has 0 bridgehead atoms. The molecule has 1 rings (SSSR count). The lowest BCUT2D eigenvalue weighted by Gasteiger charge is -2.25. The molecular formula is C9H13NO. The minimum absolute atomic E-state index is 0.142. The quantitative estimate of drug-likeness (QED) is 0.555. The van der Waals surface area contributed by atoms with E-state index >= 15 is 0 Å². The highest BCUT2D eigenvalue weighted by molar-refractivity contribution is 5.77. The summed E-state index contributed by atoms with van der Waals surface area (Å²) in [6, 6.07) is 0.209. The van der Waals surface area contributed by atoms with Crippen LogP contribution in [-0.2, 0) is 4.79 Å². The van der Waals surface area contributed by atoms with E-state index in [1.807, 2.05) is 6.92 Å². The minimum Gasteiger partial charge on any atom is -0.352 e. The largest absolute Gasteiger partial charge is 0.352 e. The molecule has 0 unspecified atom stereocenters. The van der Waals surface area contributed by atoms with Crippen molar-refractivity contribution in [1.29, 1.82) is 0 Å². The summed E-state index contributed by atoms with van der Waals surface area (Å²) in [6.45, 7) is 1.97. The molecule has 60 valence electrons. The zero-order valence-corrected chi connectivity index (χ0v) is 6.76. The maximum Gasteiger partial charge on any atom is 0.220 e. The standard InChI is InChI=1S/C9H13NO/c1-3-7(2)8-5-4-6-9(11)10-8/h1,7-8H,4-6H2,2H3,(H,10,11)/t7-,8+/m1/s1. The molecule has 2 nitrogen and oxygen atoms in total. The number of amides is 1. The predicted molar refractivity (Wildman–Crippen MR) is 43.8 cm³/mol. The fraction of sp³-hybridized carbons (Fsp3) is 0.667. The van der Waals surface area contributed by atoms with Crippen LogP contribution in [0, 0.1) is 18.3 Å². The number of terminal acetylenes is 1. The van der Waals surface area contributed by atoms with Gasteiger partial charge in [-0.25, -0.2) is 0 Å². The summed E-state index contributed by atoms with van der Waals surface area (Å²) in [5, 5.41) is 2.89. The second kappa shape index (κ2) is 3.43. The summed E-state index contributed by atoms with van der Waals surface area (Å²) >= 11 is 0. The molecule has 1 aliphatic rings. The molecule has 0 aliphatic carbocycles. The summed E-state index contributed by atoms with van der Waals surface area (Å²) in [5.74, 6) is 2.95. The SMILES string of the molecule is C#C[C@@H](C)[C@@H]1CCCC(=O)N1. The Kier molecular flexibility index (Phi) is 2.53.